The fourth-order valence-corrected chi connectivity index (χ4v) is 3.16. The van der Waals surface area contributed by atoms with Crippen molar-refractivity contribution in [1.29, 1.82) is 0 Å². The van der Waals surface area contributed by atoms with Crippen molar-refractivity contribution in [2.75, 3.05) is 0 Å². The molecule has 0 unspecified atom stereocenters. The van der Waals surface area contributed by atoms with E-state index in [1.807, 2.05) is 36.4 Å². The van der Waals surface area contributed by atoms with Gasteiger partial charge in [0, 0.05) is 28.3 Å². The molecular formula is C17H13N3O3S. The Bertz CT molecular complexity index is 943. The van der Waals surface area contributed by atoms with Crippen molar-refractivity contribution in [2.24, 2.45) is 5.73 Å². The largest absolute Gasteiger partial charge is 0.366 e. The summed E-state index contributed by atoms with van der Waals surface area (Å²) < 4.78 is 0. The molecule has 0 bridgehead atoms. The number of fused-ring (bicyclic) bond motifs is 1. The summed E-state index contributed by atoms with van der Waals surface area (Å²) in [4.78, 5) is 26.4. The maximum atomic E-state index is 11.2. The molecule has 120 valence electrons. The van der Waals surface area contributed by atoms with Crippen molar-refractivity contribution in [3.05, 3.63) is 75.8 Å². The number of aromatic nitrogens is 1. The van der Waals surface area contributed by atoms with Gasteiger partial charge in [-0.2, -0.15) is 0 Å². The van der Waals surface area contributed by atoms with E-state index in [1.54, 1.807) is 6.07 Å². The van der Waals surface area contributed by atoms with Crippen LogP contribution in [-0.2, 0) is 5.75 Å². The van der Waals surface area contributed by atoms with E-state index in [2.05, 4.69) is 4.98 Å². The molecule has 2 N–H and O–H groups in total. The third-order valence-electron chi connectivity index (χ3n) is 3.51. The van der Waals surface area contributed by atoms with Gasteiger partial charge in [-0.15, -0.1) is 11.8 Å². The number of carbonyl (C=O) groups excluding carboxylic acids is 1. The highest BCUT2D eigenvalue weighted by Crippen LogP contribution is 2.28. The summed E-state index contributed by atoms with van der Waals surface area (Å²) in [6, 6.07) is 15.9. The Balaban J connectivity index is 1.84. The molecule has 0 aliphatic rings. The number of hydrogen-bond acceptors (Lipinski definition) is 5. The zero-order valence-electron chi connectivity index (χ0n) is 12.5. The van der Waals surface area contributed by atoms with E-state index < -0.39 is 10.8 Å². The molecule has 0 saturated carbocycles. The number of primary amides is 1. The molecular weight excluding hydrogens is 326 g/mol. The molecule has 6 nitrogen and oxygen atoms in total. The Morgan fingerprint density at radius 3 is 2.71 bits per heavy atom. The summed E-state index contributed by atoms with van der Waals surface area (Å²) >= 11 is 1.40. The monoisotopic (exact) mass is 339 g/mol. The minimum atomic E-state index is -0.687. The molecule has 1 aromatic heterocycles. The highest BCUT2D eigenvalue weighted by atomic mass is 32.2. The van der Waals surface area contributed by atoms with Gasteiger partial charge in [-0.25, -0.2) is 4.98 Å². The van der Waals surface area contributed by atoms with Crippen LogP contribution in [0.2, 0.25) is 0 Å². The van der Waals surface area contributed by atoms with Crippen LogP contribution in [-0.4, -0.2) is 15.8 Å². The SMILES string of the molecule is NC(=O)c1ccc(CSc2ccc3ccccc3n2)c([N+](=O)[O-])c1. The van der Waals surface area contributed by atoms with Crippen LogP contribution in [0.4, 0.5) is 5.69 Å². The topological polar surface area (TPSA) is 99.1 Å². The van der Waals surface area contributed by atoms with Crippen molar-refractivity contribution in [3.63, 3.8) is 0 Å². The lowest BCUT2D eigenvalue weighted by atomic mass is 10.1. The van der Waals surface area contributed by atoms with E-state index in [1.165, 1.54) is 23.9 Å². The number of pyridine rings is 1. The van der Waals surface area contributed by atoms with E-state index in [9.17, 15) is 14.9 Å². The molecule has 0 aliphatic heterocycles. The van der Waals surface area contributed by atoms with Gasteiger partial charge in [-0.3, -0.25) is 14.9 Å². The minimum absolute atomic E-state index is 0.111. The van der Waals surface area contributed by atoms with Gasteiger partial charge in [0.1, 0.15) is 0 Å². The van der Waals surface area contributed by atoms with Gasteiger partial charge in [-0.1, -0.05) is 30.3 Å². The zero-order chi connectivity index (χ0) is 17.1. The van der Waals surface area contributed by atoms with Gasteiger partial charge in [0.25, 0.3) is 5.69 Å². The standard InChI is InChI=1S/C17H13N3O3S/c18-17(21)12-5-6-13(15(9-12)20(22)23)10-24-16-8-7-11-3-1-2-4-14(11)19-16/h1-9H,10H2,(H2,18,21). The molecule has 3 aromatic rings. The van der Waals surface area contributed by atoms with E-state index >= 15 is 0 Å². The lowest BCUT2D eigenvalue weighted by Gasteiger charge is -2.05. The summed E-state index contributed by atoms with van der Waals surface area (Å²) in [6.45, 7) is 0. The van der Waals surface area contributed by atoms with Gasteiger partial charge < -0.3 is 5.73 Å². The first-order valence-electron chi connectivity index (χ1n) is 7.10. The second kappa shape index (κ2) is 6.67. The molecule has 0 saturated heterocycles. The second-order valence-corrected chi connectivity index (χ2v) is 6.09. The Kier molecular flexibility index (Phi) is 4.43. The van der Waals surface area contributed by atoms with Crippen LogP contribution in [0.25, 0.3) is 10.9 Å². The number of thioether (sulfide) groups is 1. The maximum absolute atomic E-state index is 11.2. The summed E-state index contributed by atoms with van der Waals surface area (Å²) in [5.74, 6) is -0.311. The molecule has 1 heterocycles. The van der Waals surface area contributed by atoms with E-state index in [0.29, 0.717) is 11.3 Å². The average Bonchev–Trinajstić information content (AvgIpc) is 2.59. The van der Waals surface area contributed by atoms with Gasteiger partial charge in [-0.05, 0) is 18.2 Å². The van der Waals surface area contributed by atoms with Crippen molar-refractivity contribution >= 4 is 34.3 Å². The summed E-state index contributed by atoms with van der Waals surface area (Å²) in [5.41, 5.74) is 6.58. The highest BCUT2D eigenvalue weighted by Gasteiger charge is 2.16. The Morgan fingerprint density at radius 2 is 1.96 bits per heavy atom. The summed E-state index contributed by atoms with van der Waals surface area (Å²) in [5, 5.41) is 13.0. The van der Waals surface area contributed by atoms with Gasteiger partial charge >= 0.3 is 0 Å². The molecule has 24 heavy (non-hydrogen) atoms. The number of nitrogens with zero attached hydrogens (tertiary/aromatic N) is 2. The van der Waals surface area contributed by atoms with Gasteiger partial charge in [0.2, 0.25) is 5.91 Å². The van der Waals surface area contributed by atoms with Crippen LogP contribution in [0.3, 0.4) is 0 Å². The minimum Gasteiger partial charge on any atom is -0.366 e. The van der Waals surface area contributed by atoms with E-state index in [0.717, 1.165) is 15.9 Å². The Morgan fingerprint density at radius 1 is 1.17 bits per heavy atom. The molecule has 3 rings (SSSR count). The van der Waals surface area contributed by atoms with E-state index in [-0.39, 0.29) is 11.3 Å². The number of hydrogen-bond donors (Lipinski definition) is 1. The molecule has 2 aromatic carbocycles. The third-order valence-corrected chi connectivity index (χ3v) is 4.49. The number of amides is 1. The molecule has 1 amide bonds. The Labute approximate surface area is 141 Å². The first kappa shape index (κ1) is 15.9. The first-order chi connectivity index (χ1) is 11.5. The number of benzene rings is 2. The summed E-state index contributed by atoms with van der Waals surface area (Å²) in [7, 11) is 0. The fourth-order valence-electron chi connectivity index (χ4n) is 2.29. The number of carbonyl (C=O) groups is 1. The highest BCUT2D eigenvalue weighted by molar-refractivity contribution is 7.98. The zero-order valence-corrected chi connectivity index (χ0v) is 13.3. The molecule has 0 aliphatic carbocycles. The lowest BCUT2D eigenvalue weighted by Crippen LogP contribution is -2.11. The number of nitrogens with two attached hydrogens (primary N) is 1. The molecule has 0 fully saturated rings. The fraction of sp³-hybridized carbons (Fsp3) is 0.0588. The molecule has 0 spiro atoms. The molecule has 0 atom stereocenters. The average molecular weight is 339 g/mol. The van der Waals surface area contributed by atoms with Crippen LogP contribution >= 0.6 is 11.8 Å². The van der Waals surface area contributed by atoms with E-state index in [4.69, 9.17) is 5.73 Å². The lowest BCUT2D eigenvalue weighted by molar-refractivity contribution is -0.385. The second-order valence-electron chi connectivity index (χ2n) is 5.10. The van der Waals surface area contributed by atoms with Crippen molar-refractivity contribution in [3.8, 4) is 0 Å². The van der Waals surface area contributed by atoms with Crippen LogP contribution in [0.1, 0.15) is 15.9 Å². The first-order valence-corrected chi connectivity index (χ1v) is 8.09. The van der Waals surface area contributed by atoms with Gasteiger partial charge in [0.15, 0.2) is 0 Å². The van der Waals surface area contributed by atoms with Crippen LogP contribution < -0.4 is 5.73 Å². The van der Waals surface area contributed by atoms with Crippen LogP contribution in [0, 0.1) is 10.1 Å². The van der Waals surface area contributed by atoms with Gasteiger partial charge in [0.05, 0.1) is 15.5 Å². The number of rotatable bonds is 5. The maximum Gasteiger partial charge on any atom is 0.274 e. The normalized spacial score (nSPS) is 10.7. The van der Waals surface area contributed by atoms with Crippen molar-refractivity contribution in [1.82, 2.24) is 4.98 Å². The third kappa shape index (κ3) is 3.36. The quantitative estimate of drug-likeness (QED) is 0.435. The number of nitro benzene ring substituents is 1. The van der Waals surface area contributed by atoms with Crippen LogP contribution in [0.5, 0.6) is 0 Å². The predicted molar refractivity (Wildman–Crippen MR) is 92.9 cm³/mol. The summed E-state index contributed by atoms with van der Waals surface area (Å²) in [6.07, 6.45) is 0. The van der Waals surface area contributed by atoms with Crippen molar-refractivity contribution < 1.29 is 9.72 Å². The van der Waals surface area contributed by atoms with Crippen molar-refractivity contribution in [2.45, 2.75) is 10.8 Å². The smallest absolute Gasteiger partial charge is 0.274 e. The number of nitro groups is 1. The Hall–Kier alpha value is -2.93. The molecule has 7 heteroatoms. The predicted octanol–water partition coefficient (Wildman–Crippen LogP) is 3.53. The number of para-hydroxylation sites is 1. The van der Waals surface area contributed by atoms with Crippen LogP contribution in [0.15, 0.2) is 59.6 Å². The molecule has 0 radical (unpaired) electrons.